The van der Waals surface area contributed by atoms with Crippen molar-refractivity contribution in [2.75, 3.05) is 12.3 Å². The number of nitrogen functional groups attached to an aromatic ring is 1. The molecule has 1 fully saturated rings. The predicted octanol–water partition coefficient (Wildman–Crippen LogP) is -1.72. The van der Waals surface area contributed by atoms with Crippen molar-refractivity contribution in [3.8, 4) is 11.8 Å². The Hall–Kier alpha value is -2.38. The molecule has 122 valence electrons. The largest absolute Gasteiger partial charge is 0.394 e. The topological polar surface area (TPSA) is 152 Å². The van der Waals surface area contributed by atoms with Gasteiger partial charge >= 0.3 is 0 Å². The molecule has 2 aromatic rings. The second-order valence-electron chi connectivity index (χ2n) is 5.37. The number of nitrogens with one attached hydrogen (secondary N) is 1. The second-order valence-corrected chi connectivity index (χ2v) is 5.37. The Kier molecular flexibility index (Phi) is 3.62. The van der Waals surface area contributed by atoms with Crippen LogP contribution in [0.3, 0.4) is 0 Å². The monoisotopic (exact) mass is 319 g/mol. The van der Waals surface area contributed by atoms with Crippen molar-refractivity contribution in [2.24, 2.45) is 5.73 Å². The van der Waals surface area contributed by atoms with E-state index in [2.05, 4.69) is 21.8 Å². The van der Waals surface area contributed by atoms with Crippen molar-refractivity contribution in [3.63, 3.8) is 0 Å². The summed E-state index contributed by atoms with van der Waals surface area (Å²) in [5.74, 6) is 5.36. The lowest BCUT2D eigenvalue weighted by atomic mass is 9.91. The third kappa shape index (κ3) is 2.20. The number of aromatic nitrogens is 3. The van der Waals surface area contributed by atoms with Crippen molar-refractivity contribution >= 4 is 17.0 Å². The Morgan fingerprint density at radius 2 is 2.35 bits per heavy atom. The van der Waals surface area contributed by atoms with Gasteiger partial charge in [0.25, 0.3) is 5.56 Å². The summed E-state index contributed by atoms with van der Waals surface area (Å²) in [6, 6.07) is 1.54. The number of fused-ring (bicyclic) bond motifs is 1. The molecule has 0 spiro atoms. The first-order valence-corrected chi connectivity index (χ1v) is 6.96. The van der Waals surface area contributed by atoms with E-state index >= 15 is 0 Å². The number of hydrogen-bond acceptors (Lipinski definition) is 7. The van der Waals surface area contributed by atoms with Crippen molar-refractivity contribution in [3.05, 3.63) is 22.6 Å². The number of H-pyrrole nitrogens is 1. The summed E-state index contributed by atoms with van der Waals surface area (Å²) in [4.78, 5) is 18.4. The van der Waals surface area contributed by atoms with Gasteiger partial charge < -0.3 is 31.0 Å². The van der Waals surface area contributed by atoms with Crippen LogP contribution in [0.5, 0.6) is 0 Å². The van der Waals surface area contributed by atoms with Crippen molar-refractivity contribution in [2.45, 2.75) is 30.9 Å². The fourth-order valence-corrected chi connectivity index (χ4v) is 2.85. The van der Waals surface area contributed by atoms with Gasteiger partial charge in [0.05, 0.1) is 12.0 Å². The molecule has 0 radical (unpaired) electrons. The minimum Gasteiger partial charge on any atom is -0.394 e. The fourth-order valence-electron chi connectivity index (χ4n) is 2.85. The van der Waals surface area contributed by atoms with Crippen LogP contribution in [-0.2, 0) is 4.74 Å². The van der Waals surface area contributed by atoms with E-state index < -0.39 is 36.1 Å². The first-order valence-electron chi connectivity index (χ1n) is 6.96. The highest BCUT2D eigenvalue weighted by atomic mass is 16.5. The van der Waals surface area contributed by atoms with Gasteiger partial charge in [-0.3, -0.25) is 9.78 Å². The average molecular weight is 319 g/mol. The fraction of sp³-hybridized carbons (Fsp3) is 0.429. The highest BCUT2D eigenvalue weighted by Gasteiger charge is 2.54. The maximum absolute atomic E-state index is 11.9. The average Bonchev–Trinajstić information content (AvgIpc) is 3.01. The Morgan fingerprint density at radius 3 is 3.00 bits per heavy atom. The number of anilines is 1. The highest BCUT2D eigenvalue weighted by Crippen LogP contribution is 2.37. The van der Waals surface area contributed by atoms with Crippen LogP contribution in [-0.4, -0.2) is 49.1 Å². The normalized spacial score (nSPS) is 30.3. The van der Waals surface area contributed by atoms with Crippen molar-refractivity contribution in [1.29, 1.82) is 0 Å². The van der Waals surface area contributed by atoms with Gasteiger partial charge in [-0.05, 0) is 13.0 Å². The van der Waals surface area contributed by atoms with Gasteiger partial charge in [-0.15, -0.1) is 5.92 Å². The Bertz CT molecular complexity index is 863. The number of nitrogens with two attached hydrogens (primary N) is 2. The van der Waals surface area contributed by atoms with Crippen LogP contribution in [0.2, 0.25) is 0 Å². The van der Waals surface area contributed by atoms with E-state index in [1.807, 2.05) is 0 Å². The summed E-state index contributed by atoms with van der Waals surface area (Å²) in [5.41, 5.74) is 10.2. The van der Waals surface area contributed by atoms with Gasteiger partial charge in [0.2, 0.25) is 5.95 Å². The van der Waals surface area contributed by atoms with Gasteiger partial charge in [0.15, 0.2) is 17.4 Å². The van der Waals surface area contributed by atoms with Crippen molar-refractivity contribution < 1.29 is 14.9 Å². The molecule has 3 heterocycles. The summed E-state index contributed by atoms with van der Waals surface area (Å²) >= 11 is 0. The number of nitrogens with zero attached hydrogens (tertiary/aromatic N) is 2. The van der Waals surface area contributed by atoms with Crippen molar-refractivity contribution in [1.82, 2.24) is 14.5 Å². The number of rotatable bonds is 2. The summed E-state index contributed by atoms with van der Waals surface area (Å²) < 4.78 is 7.16. The van der Waals surface area contributed by atoms with E-state index in [1.165, 1.54) is 4.57 Å². The molecular weight excluding hydrogens is 302 g/mol. The molecule has 1 aliphatic rings. The molecule has 0 amide bonds. The molecule has 1 unspecified atom stereocenters. The molecule has 9 nitrogen and oxygen atoms in total. The van der Waals surface area contributed by atoms with Crippen LogP contribution < -0.4 is 17.0 Å². The number of aliphatic hydroxyl groups excluding tert-OH is 2. The molecule has 1 aliphatic heterocycles. The summed E-state index contributed by atoms with van der Waals surface area (Å²) in [6.07, 6.45) is -1.49. The van der Waals surface area contributed by atoms with E-state index in [1.54, 1.807) is 19.2 Å². The molecule has 9 heteroatoms. The van der Waals surface area contributed by atoms with E-state index in [0.29, 0.717) is 5.39 Å². The first kappa shape index (κ1) is 15.5. The molecule has 7 N–H and O–H groups in total. The minimum absolute atomic E-state index is 0.0519. The Labute approximate surface area is 130 Å². The molecule has 1 saturated heterocycles. The maximum atomic E-state index is 11.9. The lowest BCUT2D eigenvalue weighted by molar-refractivity contribution is -0.0445. The third-order valence-electron chi connectivity index (χ3n) is 3.93. The summed E-state index contributed by atoms with van der Waals surface area (Å²) in [5, 5.41) is 20.0. The molecule has 23 heavy (non-hydrogen) atoms. The highest BCUT2D eigenvalue weighted by molar-refractivity contribution is 5.76. The number of aromatic amines is 1. The maximum Gasteiger partial charge on any atom is 0.261 e. The second kappa shape index (κ2) is 5.36. The van der Waals surface area contributed by atoms with E-state index in [-0.39, 0.29) is 11.6 Å². The number of hydrogen-bond donors (Lipinski definition) is 5. The SMILES string of the molecule is CC#CC1(N)[C@@H](O)[C@@H](CO)O[C@H]1n1ccc2c(=O)[nH]c(N)nc21. The van der Waals surface area contributed by atoms with Crippen LogP contribution in [0, 0.1) is 11.8 Å². The summed E-state index contributed by atoms with van der Waals surface area (Å²) in [6.45, 7) is 1.16. The van der Waals surface area contributed by atoms with E-state index in [9.17, 15) is 15.0 Å². The molecule has 3 rings (SSSR count). The quantitative estimate of drug-likeness (QED) is 0.413. The van der Waals surface area contributed by atoms with Crippen LogP contribution in [0.4, 0.5) is 5.95 Å². The lowest BCUT2D eigenvalue weighted by Crippen LogP contribution is -2.53. The van der Waals surface area contributed by atoms with Crippen LogP contribution >= 0.6 is 0 Å². The van der Waals surface area contributed by atoms with Gasteiger partial charge in [-0.1, -0.05) is 5.92 Å². The van der Waals surface area contributed by atoms with Gasteiger partial charge in [0, 0.05) is 6.20 Å². The minimum atomic E-state index is -1.47. The molecule has 0 aliphatic carbocycles. The summed E-state index contributed by atoms with van der Waals surface area (Å²) in [7, 11) is 0. The standard InChI is InChI=1S/C14H17N5O4/c1-2-4-14(16)9(21)8(6-20)23-12(14)19-5-3-7-10(19)17-13(15)18-11(7)22/h3,5,8-9,12,20-21H,6,16H2,1H3,(H3,15,17,18,22)/t8-,9+,12-,14?/m1/s1. The third-order valence-corrected chi connectivity index (χ3v) is 3.93. The Morgan fingerprint density at radius 1 is 1.61 bits per heavy atom. The predicted molar refractivity (Wildman–Crippen MR) is 82.1 cm³/mol. The zero-order chi connectivity index (χ0) is 16.8. The van der Waals surface area contributed by atoms with Crippen LogP contribution in [0.25, 0.3) is 11.0 Å². The van der Waals surface area contributed by atoms with Gasteiger partial charge in [0.1, 0.15) is 12.2 Å². The molecule has 4 atom stereocenters. The van der Waals surface area contributed by atoms with E-state index in [4.69, 9.17) is 16.2 Å². The molecule has 0 aromatic carbocycles. The molecule has 0 saturated carbocycles. The van der Waals surface area contributed by atoms with Crippen LogP contribution in [0.15, 0.2) is 17.1 Å². The van der Waals surface area contributed by atoms with Crippen LogP contribution in [0.1, 0.15) is 13.2 Å². The smallest absolute Gasteiger partial charge is 0.261 e. The molecular formula is C14H17N5O4. The lowest BCUT2D eigenvalue weighted by Gasteiger charge is -2.28. The van der Waals surface area contributed by atoms with E-state index in [0.717, 1.165) is 0 Å². The Balaban J connectivity index is 2.20. The number of aliphatic hydroxyl groups is 2. The number of ether oxygens (including phenoxy) is 1. The van der Waals surface area contributed by atoms with Gasteiger partial charge in [-0.2, -0.15) is 4.98 Å². The molecule has 2 aromatic heterocycles. The zero-order valence-electron chi connectivity index (χ0n) is 12.4. The molecule has 0 bridgehead atoms. The first-order chi connectivity index (χ1) is 10.9. The zero-order valence-corrected chi connectivity index (χ0v) is 12.4. The van der Waals surface area contributed by atoms with Gasteiger partial charge in [-0.25, -0.2) is 0 Å².